The molecule has 3 rings (SSSR count). The average Bonchev–Trinajstić information content (AvgIpc) is 3.16. The number of nitrogens with one attached hydrogen (secondary N) is 2. The van der Waals surface area contributed by atoms with Crippen LogP contribution in [-0.2, 0) is 11.3 Å². The molecule has 1 saturated carbocycles. The number of rotatable bonds is 4. The van der Waals surface area contributed by atoms with Crippen LogP contribution in [0.15, 0.2) is 18.2 Å². The Balaban J connectivity index is 1.74. The number of hydrogen-bond donors (Lipinski definition) is 2. The van der Waals surface area contributed by atoms with Gasteiger partial charge in [0.15, 0.2) is 4.77 Å². The standard InChI is InChI=1S/C14H17N3OS/c1-9-2-5-12-11(8-9)16-14(19)17(12)7-6-15-13(18)10-3-4-10/h2,5,8,10H,3-4,6-7H2,1H3,(H,15,18)(H,16,19). The summed E-state index contributed by atoms with van der Waals surface area (Å²) in [4.78, 5) is 14.8. The van der Waals surface area contributed by atoms with Crippen LogP contribution in [0.3, 0.4) is 0 Å². The van der Waals surface area contributed by atoms with Gasteiger partial charge in [0.2, 0.25) is 5.91 Å². The van der Waals surface area contributed by atoms with Gasteiger partial charge in [0.25, 0.3) is 0 Å². The number of fused-ring (bicyclic) bond motifs is 1. The predicted octanol–water partition coefficient (Wildman–Crippen LogP) is 2.53. The number of carbonyl (C=O) groups is 1. The van der Waals surface area contributed by atoms with E-state index in [2.05, 4.69) is 35.4 Å². The SMILES string of the molecule is Cc1ccc2c(c1)[nH]c(=S)n2CCNC(=O)C1CC1. The maximum atomic E-state index is 11.6. The predicted molar refractivity (Wildman–Crippen MR) is 77.6 cm³/mol. The summed E-state index contributed by atoms with van der Waals surface area (Å²) in [5, 5.41) is 2.97. The maximum Gasteiger partial charge on any atom is 0.223 e. The van der Waals surface area contributed by atoms with Gasteiger partial charge in [-0.15, -0.1) is 0 Å². The Hall–Kier alpha value is -1.62. The minimum atomic E-state index is 0.183. The number of imidazole rings is 1. The van der Waals surface area contributed by atoms with E-state index in [9.17, 15) is 4.79 Å². The van der Waals surface area contributed by atoms with Crippen molar-refractivity contribution < 1.29 is 4.79 Å². The fourth-order valence-corrected chi connectivity index (χ4v) is 2.58. The van der Waals surface area contributed by atoms with Gasteiger partial charge in [0, 0.05) is 19.0 Å². The molecule has 1 aliphatic carbocycles. The van der Waals surface area contributed by atoms with Gasteiger partial charge in [-0.05, 0) is 49.7 Å². The zero-order valence-electron chi connectivity index (χ0n) is 10.9. The topological polar surface area (TPSA) is 49.8 Å². The molecule has 1 aromatic heterocycles. The van der Waals surface area contributed by atoms with Gasteiger partial charge in [-0.2, -0.15) is 0 Å². The summed E-state index contributed by atoms with van der Waals surface area (Å²) >= 11 is 5.33. The average molecular weight is 275 g/mol. The molecule has 1 fully saturated rings. The third-order valence-electron chi connectivity index (χ3n) is 3.51. The van der Waals surface area contributed by atoms with E-state index in [1.807, 2.05) is 4.57 Å². The lowest BCUT2D eigenvalue weighted by Gasteiger charge is -2.06. The van der Waals surface area contributed by atoms with Crippen molar-refractivity contribution in [2.24, 2.45) is 5.92 Å². The monoisotopic (exact) mass is 275 g/mol. The highest BCUT2D eigenvalue weighted by Gasteiger charge is 2.29. The second-order valence-electron chi connectivity index (χ2n) is 5.17. The molecule has 5 heteroatoms. The molecule has 0 unspecified atom stereocenters. The van der Waals surface area contributed by atoms with Gasteiger partial charge in [-0.1, -0.05) is 6.07 Å². The van der Waals surface area contributed by atoms with E-state index in [0.717, 1.165) is 23.9 Å². The first kappa shape index (κ1) is 12.4. The van der Waals surface area contributed by atoms with E-state index in [4.69, 9.17) is 12.2 Å². The third kappa shape index (κ3) is 2.56. The Bertz CT molecular complexity index is 682. The molecule has 2 aromatic rings. The largest absolute Gasteiger partial charge is 0.354 e. The fourth-order valence-electron chi connectivity index (χ4n) is 2.28. The van der Waals surface area contributed by atoms with E-state index < -0.39 is 0 Å². The molecule has 0 spiro atoms. The summed E-state index contributed by atoms with van der Waals surface area (Å²) in [6.45, 7) is 3.40. The van der Waals surface area contributed by atoms with Gasteiger partial charge >= 0.3 is 0 Å². The second kappa shape index (κ2) is 4.81. The summed E-state index contributed by atoms with van der Waals surface area (Å²) in [7, 11) is 0. The summed E-state index contributed by atoms with van der Waals surface area (Å²) in [5.74, 6) is 0.445. The van der Waals surface area contributed by atoms with Gasteiger partial charge in [-0.25, -0.2) is 0 Å². The Morgan fingerprint density at radius 1 is 1.53 bits per heavy atom. The van der Waals surface area contributed by atoms with Crippen LogP contribution < -0.4 is 5.32 Å². The molecule has 1 aliphatic rings. The maximum absolute atomic E-state index is 11.6. The van der Waals surface area contributed by atoms with Gasteiger partial charge in [0.1, 0.15) is 0 Å². The fraction of sp³-hybridized carbons (Fsp3) is 0.429. The highest BCUT2D eigenvalue weighted by molar-refractivity contribution is 7.71. The smallest absolute Gasteiger partial charge is 0.223 e. The van der Waals surface area contributed by atoms with Crippen LogP contribution >= 0.6 is 12.2 Å². The Morgan fingerprint density at radius 2 is 2.32 bits per heavy atom. The van der Waals surface area contributed by atoms with E-state index in [1.165, 1.54) is 5.56 Å². The highest BCUT2D eigenvalue weighted by atomic mass is 32.1. The van der Waals surface area contributed by atoms with Crippen LogP contribution in [-0.4, -0.2) is 22.0 Å². The van der Waals surface area contributed by atoms with Crippen molar-refractivity contribution in [3.63, 3.8) is 0 Å². The van der Waals surface area contributed by atoms with E-state index >= 15 is 0 Å². The molecule has 0 atom stereocenters. The van der Waals surface area contributed by atoms with E-state index in [-0.39, 0.29) is 11.8 Å². The molecule has 0 bridgehead atoms. The number of benzene rings is 1. The first-order valence-corrected chi connectivity index (χ1v) is 7.03. The molecular formula is C14H17N3OS. The van der Waals surface area contributed by atoms with Crippen molar-refractivity contribution in [2.75, 3.05) is 6.54 Å². The lowest BCUT2D eigenvalue weighted by molar-refractivity contribution is -0.122. The quantitative estimate of drug-likeness (QED) is 0.842. The number of hydrogen-bond acceptors (Lipinski definition) is 2. The Kier molecular flexibility index (Phi) is 3.14. The van der Waals surface area contributed by atoms with Crippen LogP contribution in [0, 0.1) is 17.6 Å². The minimum Gasteiger partial charge on any atom is -0.354 e. The number of carbonyl (C=O) groups excluding carboxylic acids is 1. The molecular weight excluding hydrogens is 258 g/mol. The first-order chi connectivity index (χ1) is 9.15. The molecule has 0 radical (unpaired) electrons. The molecule has 1 heterocycles. The minimum absolute atomic E-state index is 0.183. The van der Waals surface area contributed by atoms with E-state index in [1.54, 1.807) is 0 Å². The summed E-state index contributed by atoms with van der Waals surface area (Å²) < 4.78 is 2.75. The second-order valence-corrected chi connectivity index (χ2v) is 5.55. The molecule has 1 amide bonds. The van der Waals surface area contributed by atoms with Crippen molar-refractivity contribution in [2.45, 2.75) is 26.3 Å². The van der Waals surface area contributed by atoms with E-state index in [0.29, 0.717) is 17.9 Å². The van der Waals surface area contributed by atoms with Crippen LogP contribution in [0.4, 0.5) is 0 Å². The molecule has 4 nitrogen and oxygen atoms in total. The van der Waals surface area contributed by atoms with Crippen molar-refractivity contribution in [1.82, 2.24) is 14.9 Å². The van der Waals surface area contributed by atoms with Crippen LogP contribution in [0.5, 0.6) is 0 Å². The summed E-state index contributed by atoms with van der Waals surface area (Å²) in [6.07, 6.45) is 2.08. The van der Waals surface area contributed by atoms with Crippen LogP contribution in [0.1, 0.15) is 18.4 Å². The molecule has 1 aromatic carbocycles. The zero-order chi connectivity index (χ0) is 13.4. The molecule has 2 N–H and O–H groups in total. The normalized spacial score (nSPS) is 14.8. The molecule has 19 heavy (non-hydrogen) atoms. The lowest BCUT2D eigenvalue weighted by Crippen LogP contribution is -2.28. The number of aryl methyl sites for hydroxylation is 1. The Labute approximate surface area is 116 Å². The third-order valence-corrected chi connectivity index (χ3v) is 3.83. The number of amides is 1. The lowest BCUT2D eigenvalue weighted by atomic mass is 10.2. The number of aromatic nitrogens is 2. The Morgan fingerprint density at radius 3 is 3.05 bits per heavy atom. The number of aromatic amines is 1. The van der Waals surface area contributed by atoms with Crippen molar-refractivity contribution >= 4 is 29.2 Å². The molecule has 0 aliphatic heterocycles. The molecule has 0 saturated heterocycles. The molecule has 100 valence electrons. The van der Waals surface area contributed by atoms with Crippen LogP contribution in [0.2, 0.25) is 0 Å². The van der Waals surface area contributed by atoms with Crippen molar-refractivity contribution in [1.29, 1.82) is 0 Å². The summed E-state index contributed by atoms with van der Waals surface area (Å²) in [6, 6.07) is 6.23. The van der Waals surface area contributed by atoms with Gasteiger partial charge in [0.05, 0.1) is 11.0 Å². The number of H-pyrrole nitrogens is 1. The van der Waals surface area contributed by atoms with Crippen molar-refractivity contribution in [3.8, 4) is 0 Å². The highest BCUT2D eigenvalue weighted by Crippen LogP contribution is 2.28. The van der Waals surface area contributed by atoms with Gasteiger partial charge < -0.3 is 14.9 Å². The zero-order valence-corrected chi connectivity index (χ0v) is 11.7. The van der Waals surface area contributed by atoms with Crippen molar-refractivity contribution in [3.05, 3.63) is 28.5 Å². The number of nitrogens with zero attached hydrogens (tertiary/aromatic N) is 1. The first-order valence-electron chi connectivity index (χ1n) is 6.62. The summed E-state index contributed by atoms with van der Waals surface area (Å²) in [5.41, 5.74) is 3.35. The van der Waals surface area contributed by atoms with Crippen LogP contribution in [0.25, 0.3) is 11.0 Å². The van der Waals surface area contributed by atoms with Gasteiger partial charge in [-0.3, -0.25) is 4.79 Å².